The number of nitrogens with one attached hydrogen (secondary N) is 1. The predicted octanol–water partition coefficient (Wildman–Crippen LogP) is 3.27. The van der Waals surface area contributed by atoms with Gasteiger partial charge in [-0.15, -0.1) is 0 Å². The molecule has 16 heavy (non-hydrogen) atoms. The molecule has 0 fully saturated rings. The van der Waals surface area contributed by atoms with Gasteiger partial charge in [-0.3, -0.25) is 4.90 Å². The van der Waals surface area contributed by atoms with Crippen LogP contribution in [0.2, 0.25) is 0 Å². The molecule has 1 N–H and O–H groups in total. The lowest BCUT2D eigenvalue weighted by molar-refractivity contribution is 0.120. The predicted molar refractivity (Wildman–Crippen MR) is 74.0 cm³/mol. The van der Waals surface area contributed by atoms with Crippen molar-refractivity contribution in [1.82, 2.24) is 10.2 Å². The van der Waals surface area contributed by atoms with Gasteiger partial charge in [0.25, 0.3) is 0 Å². The van der Waals surface area contributed by atoms with Crippen LogP contribution in [0.4, 0.5) is 0 Å². The van der Waals surface area contributed by atoms with Crippen LogP contribution in [-0.2, 0) is 0 Å². The second kappa shape index (κ2) is 9.00. The summed E-state index contributed by atoms with van der Waals surface area (Å²) in [5, 5.41) is 3.66. The van der Waals surface area contributed by atoms with E-state index in [1.54, 1.807) is 0 Å². The lowest BCUT2D eigenvalue weighted by atomic mass is 9.98. The van der Waals surface area contributed by atoms with Crippen molar-refractivity contribution in [2.24, 2.45) is 0 Å². The second-order valence-corrected chi connectivity index (χ2v) is 4.85. The molecule has 0 aromatic rings. The van der Waals surface area contributed by atoms with Gasteiger partial charge in [-0.1, -0.05) is 34.1 Å². The van der Waals surface area contributed by atoms with Crippen LogP contribution in [0.15, 0.2) is 0 Å². The van der Waals surface area contributed by atoms with Crippen LogP contribution in [0.5, 0.6) is 0 Å². The van der Waals surface area contributed by atoms with Crippen LogP contribution < -0.4 is 5.32 Å². The van der Waals surface area contributed by atoms with E-state index in [1.165, 1.54) is 19.3 Å². The topological polar surface area (TPSA) is 15.3 Å². The molecule has 0 radical (unpaired) electrons. The standard InChI is InChI=1S/C14H32N2/c1-7-11-13(15-9-3)14(8-2)16(10-4)12(5)6/h12-15H,7-11H2,1-6H3. The summed E-state index contributed by atoms with van der Waals surface area (Å²) in [5.41, 5.74) is 0. The summed E-state index contributed by atoms with van der Waals surface area (Å²) in [4.78, 5) is 2.63. The third kappa shape index (κ3) is 4.84. The van der Waals surface area contributed by atoms with Crippen molar-refractivity contribution in [3.63, 3.8) is 0 Å². The number of hydrogen-bond acceptors (Lipinski definition) is 2. The van der Waals surface area contributed by atoms with Crippen LogP contribution in [0, 0.1) is 0 Å². The summed E-state index contributed by atoms with van der Waals surface area (Å²) in [6, 6.07) is 1.99. The summed E-state index contributed by atoms with van der Waals surface area (Å²) < 4.78 is 0. The molecule has 98 valence electrons. The van der Waals surface area contributed by atoms with E-state index in [2.05, 4.69) is 51.8 Å². The minimum Gasteiger partial charge on any atom is -0.313 e. The normalized spacial score (nSPS) is 15.8. The molecule has 2 heteroatoms. The molecular formula is C14H32N2. The molecule has 0 saturated carbocycles. The number of likely N-dealkylation sites (N-methyl/N-ethyl adjacent to an activating group) is 2. The Kier molecular flexibility index (Phi) is 8.96. The molecule has 2 atom stereocenters. The maximum atomic E-state index is 3.66. The highest BCUT2D eigenvalue weighted by Crippen LogP contribution is 2.16. The molecular weight excluding hydrogens is 196 g/mol. The largest absolute Gasteiger partial charge is 0.313 e. The van der Waals surface area contributed by atoms with Crippen LogP contribution in [0.3, 0.4) is 0 Å². The molecule has 0 bridgehead atoms. The first-order chi connectivity index (χ1) is 7.62. The molecule has 0 rings (SSSR count). The first kappa shape index (κ1) is 15.9. The highest BCUT2D eigenvalue weighted by atomic mass is 15.2. The van der Waals surface area contributed by atoms with Crippen molar-refractivity contribution in [3.8, 4) is 0 Å². The third-order valence-corrected chi connectivity index (χ3v) is 3.40. The quantitative estimate of drug-likeness (QED) is 0.651. The molecule has 0 spiro atoms. The Morgan fingerprint density at radius 3 is 2.00 bits per heavy atom. The zero-order valence-electron chi connectivity index (χ0n) is 12.2. The Balaban J connectivity index is 4.60. The fourth-order valence-corrected chi connectivity index (χ4v) is 2.74. The lowest BCUT2D eigenvalue weighted by Gasteiger charge is -2.39. The molecule has 0 heterocycles. The van der Waals surface area contributed by atoms with Gasteiger partial charge in [-0.25, -0.2) is 0 Å². The molecule has 2 unspecified atom stereocenters. The number of rotatable bonds is 9. The fraction of sp³-hybridized carbons (Fsp3) is 1.00. The summed E-state index contributed by atoms with van der Waals surface area (Å²) in [5.74, 6) is 0. The van der Waals surface area contributed by atoms with Gasteiger partial charge >= 0.3 is 0 Å². The van der Waals surface area contributed by atoms with E-state index in [-0.39, 0.29) is 0 Å². The zero-order valence-corrected chi connectivity index (χ0v) is 12.2. The average molecular weight is 228 g/mol. The molecule has 0 aliphatic heterocycles. The van der Waals surface area contributed by atoms with E-state index in [0.29, 0.717) is 18.1 Å². The molecule has 0 amide bonds. The zero-order chi connectivity index (χ0) is 12.6. The highest BCUT2D eigenvalue weighted by molar-refractivity contribution is 4.84. The van der Waals surface area contributed by atoms with Crippen molar-refractivity contribution >= 4 is 0 Å². The van der Waals surface area contributed by atoms with E-state index in [1.807, 2.05) is 0 Å². The number of nitrogens with zero attached hydrogens (tertiary/aromatic N) is 1. The summed E-state index contributed by atoms with van der Waals surface area (Å²) in [6.07, 6.45) is 3.79. The average Bonchev–Trinajstić information content (AvgIpc) is 2.25. The van der Waals surface area contributed by atoms with E-state index >= 15 is 0 Å². The maximum Gasteiger partial charge on any atom is 0.0249 e. The Hall–Kier alpha value is -0.0800. The smallest absolute Gasteiger partial charge is 0.0249 e. The minimum absolute atomic E-state index is 0.646. The Labute approximate surface area is 103 Å². The molecule has 0 aromatic carbocycles. The van der Waals surface area contributed by atoms with Gasteiger partial charge < -0.3 is 5.32 Å². The third-order valence-electron chi connectivity index (χ3n) is 3.40. The maximum absolute atomic E-state index is 3.66. The molecule has 0 aliphatic rings. The summed E-state index contributed by atoms with van der Waals surface area (Å²) in [7, 11) is 0. The van der Waals surface area contributed by atoms with Crippen LogP contribution in [0.1, 0.15) is 60.8 Å². The molecule has 0 saturated heterocycles. The van der Waals surface area contributed by atoms with Crippen molar-refractivity contribution in [2.45, 2.75) is 78.9 Å². The number of hydrogen-bond donors (Lipinski definition) is 1. The Morgan fingerprint density at radius 2 is 1.69 bits per heavy atom. The van der Waals surface area contributed by atoms with E-state index in [9.17, 15) is 0 Å². The van der Waals surface area contributed by atoms with Gasteiger partial charge in [0, 0.05) is 18.1 Å². The van der Waals surface area contributed by atoms with Crippen LogP contribution in [-0.4, -0.2) is 36.1 Å². The van der Waals surface area contributed by atoms with E-state index < -0.39 is 0 Å². The fourth-order valence-electron chi connectivity index (χ4n) is 2.74. The van der Waals surface area contributed by atoms with Crippen LogP contribution in [0.25, 0.3) is 0 Å². The van der Waals surface area contributed by atoms with Crippen molar-refractivity contribution in [2.75, 3.05) is 13.1 Å². The minimum atomic E-state index is 0.646. The first-order valence-corrected chi connectivity index (χ1v) is 7.11. The van der Waals surface area contributed by atoms with E-state index in [4.69, 9.17) is 0 Å². The summed E-state index contributed by atoms with van der Waals surface area (Å²) in [6.45, 7) is 15.9. The highest BCUT2D eigenvalue weighted by Gasteiger charge is 2.25. The monoisotopic (exact) mass is 228 g/mol. The molecule has 2 nitrogen and oxygen atoms in total. The van der Waals surface area contributed by atoms with Crippen LogP contribution >= 0.6 is 0 Å². The Bertz CT molecular complexity index is 151. The van der Waals surface area contributed by atoms with Gasteiger partial charge in [0.2, 0.25) is 0 Å². The molecule has 0 aliphatic carbocycles. The van der Waals surface area contributed by atoms with Gasteiger partial charge in [0.05, 0.1) is 0 Å². The Morgan fingerprint density at radius 1 is 1.06 bits per heavy atom. The van der Waals surface area contributed by atoms with Gasteiger partial charge in [-0.2, -0.15) is 0 Å². The van der Waals surface area contributed by atoms with Crippen molar-refractivity contribution in [3.05, 3.63) is 0 Å². The van der Waals surface area contributed by atoms with Crippen molar-refractivity contribution in [1.29, 1.82) is 0 Å². The lowest BCUT2D eigenvalue weighted by Crippen LogP contribution is -2.52. The van der Waals surface area contributed by atoms with Crippen molar-refractivity contribution < 1.29 is 0 Å². The second-order valence-electron chi connectivity index (χ2n) is 4.85. The first-order valence-electron chi connectivity index (χ1n) is 7.11. The van der Waals surface area contributed by atoms with Gasteiger partial charge in [0.1, 0.15) is 0 Å². The van der Waals surface area contributed by atoms with E-state index in [0.717, 1.165) is 13.1 Å². The van der Waals surface area contributed by atoms with Gasteiger partial charge in [0.15, 0.2) is 0 Å². The van der Waals surface area contributed by atoms with Gasteiger partial charge in [-0.05, 0) is 39.8 Å². The SMILES string of the molecule is CCCC(NCC)C(CC)N(CC)C(C)C. The summed E-state index contributed by atoms with van der Waals surface area (Å²) >= 11 is 0. The molecule has 0 aromatic heterocycles.